The molecule has 0 aliphatic carbocycles. The standard InChI is InChI=1S/C21H22N2O5S/c24-21(9-6-17-4-2-1-3-5-17)22-10-12-23(13-11-22)29(25,26)18-7-8-19-20(16-18)28-15-14-27-19/h1-9,16H,10-15H2. The van der Waals surface area contributed by atoms with E-state index in [1.807, 2.05) is 30.3 Å². The summed E-state index contributed by atoms with van der Waals surface area (Å²) in [6.45, 7) is 2.05. The van der Waals surface area contributed by atoms with E-state index in [4.69, 9.17) is 9.47 Å². The molecule has 2 aromatic carbocycles. The molecule has 2 aliphatic rings. The predicted molar refractivity (Wildman–Crippen MR) is 108 cm³/mol. The maximum Gasteiger partial charge on any atom is 0.246 e. The summed E-state index contributed by atoms with van der Waals surface area (Å²) in [6.07, 6.45) is 3.29. The summed E-state index contributed by atoms with van der Waals surface area (Å²) in [5.41, 5.74) is 0.945. The quantitative estimate of drug-likeness (QED) is 0.716. The van der Waals surface area contributed by atoms with Gasteiger partial charge in [0, 0.05) is 38.3 Å². The number of carbonyl (C=O) groups excluding carboxylic acids is 1. The average Bonchev–Trinajstić information content (AvgIpc) is 2.78. The van der Waals surface area contributed by atoms with Gasteiger partial charge in [-0.3, -0.25) is 4.79 Å². The van der Waals surface area contributed by atoms with Crippen molar-refractivity contribution in [2.75, 3.05) is 39.4 Å². The summed E-state index contributed by atoms with van der Waals surface area (Å²) >= 11 is 0. The molecule has 0 aromatic heterocycles. The second kappa shape index (κ2) is 8.26. The van der Waals surface area contributed by atoms with Crippen molar-refractivity contribution < 1.29 is 22.7 Å². The molecule has 1 saturated heterocycles. The molecule has 2 aliphatic heterocycles. The number of fused-ring (bicyclic) bond motifs is 1. The van der Waals surface area contributed by atoms with Crippen LogP contribution in [0.5, 0.6) is 11.5 Å². The van der Waals surface area contributed by atoms with Gasteiger partial charge in [-0.05, 0) is 23.8 Å². The van der Waals surface area contributed by atoms with Gasteiger partial charge < -0.3 is 14.4 Å². The van der Waals surface area contributed by atoms with E-state index in [2.05, 4.69) is 0 Å². The van der Waals surface area contributed by atoms with Crippen LogP contribution in [0, 0.1) is 0 Å². The fourth-order valence-electron chi connectivity index (χ4n) is 3.32. The lowest BCUT2D eigenvalue weighted by molar-refractivity contribution is -0.127. The van der Waals surface area contributed by atoms with Gasteiger partial charge in [-0.15, -0.1) is 0 Å². The first kappa shape index (κ1) is 19.5. The molecular weight excluding hydrogens is 392 g/mol. The third-order valence-corrected chi connectivity index (χ3v) is 6.81. The van der Waals surface area contributed by atoms with Crippen LogP contribution in [0.25, 0.3) is 6.08 Å². The van der Waals surface area contributed by atoms with Crippen LogP contribution >= 0.6 is 0 Å². The first-order valence-corrected chi connectivity index (χ1v) is 10.9. The Bertz CT molecular complexity index is 1010. The minimum atomic E-state index is -3.66. The zero-order chi connectivity index (χ0) is 20.3. The smallest absolute Gasteiger partial charge is 0.246 e. The molecule has 152 valence electrons. The molecule has 0 spiro atoms. The highest BCUT2D eigenvalue weighted by molar-refractivity contribution is 7.89. The van der Waals surface area contributed by atoms with E-state index < -0.39 is 10.0 Å². The highest BCUT2D eigenvalue weighted by atomic mass is 32.2. The van der Waals surface area contributed by atoms with Crippen molar-refractivity contribution >= 4 is 22.0 Å². The number of hydrogen-bond acceptors (Lipinski definition) is 5. The maximum atomic E-state index is 13.0. The van der Waals surface area contributed by atoms with Gasteiger partial charge in [0.25, 0.3) is 0 Å². The Morgan fingerprint density at radius 3 is 2.31 bits per heavy atom. The van der Waals surface area contributed by atoms with Crippen LogP contribution in [0.3, 0.4) is 0 Å². The molecule has 29 heavy (non-hydrogen) atoms. The maximum absolute atomic E-state index is 13.0. The normalized spacial score (nSPS) is 17.4. The average molecular weight is 414 g/mol. The van der Waals surface area contributed by atoms with Gasteiger partial charge in [-0.1, -0.05) is 30.3 Å². The molecule has 0 radical (unpaired) electrons. The van der Waals surface area contributed by atoms with E-state index >= 15 is 0 Å². The predicted octanol–water partition coefficient (Wildman–Crippen LogP) is 2.00. The van der Waals surface area contributed by atoms with Crippen LogP contribution in [0.15, 0.2) is 59.5 Å². The summed E-state index contributed by atoms with van der Waals surface area (Å²) in [4.78, 5) is 14.2. The molecule has 2 aromatic rings. The van der Waals surface area contributed by atoms with Gasteiger partial charge in [-0.2, -0.15) is 4.31 Å². The molecule has 8 heteroatoms. The Hall–Kier alpha value is -2.84. The highest BCUT2D eigenvalue weighted by Gasteiger charge is 2.30. The van der Waals surface area contributed by atoms with Crippen LogP contribution in [0.2, 0.25) is 0 Å². The van der Waals surface area contributed by atoms with Crippen molar-refractivity contribution in [1.82, 2.24) is 9.21 Å². The Kier molecular flexibility index (Phi) is 5.55. The van der Waals surface area contributed by atoms with Crippen molar-refractivity contribution in [3.8, 4) is 11.5 Å². The van der Waals surface area contributed by atoms with Crippen molar-refractivity contribution in [3.05, 3.63) is 60.2 Å². The topological polar surface area (TPSA) is 76.2 Å². The number of piperazine rings is 1. The fourth-order valence-corrected chi connectivity index (χ4v) is 4.76. The number of rotatable bonds is 4. The van der Waals surface area contributed by atoms with Crippen molar-refractivity contribution in [1.29, 1.82) is 0 Å². The van der Waals surface area contributed by atoms with Crippen molar-refractivity contribution in [3.63, 3.8) is 0 Å². The molecule has 0 unspecified atom stereocenters. The molecule has 4 rings (SSSR count). The fraction of sp³-hybridized carbons (Fsp3) is 0.286. The van der Waals surface area contributed by atoms with E-state index in [9.17, 15) is 13.2 Å². The van der Waals surface area contributed by atoms with Gasteiger partial charge in [0.1, 0.15) is 13.2 Å². The summed E-state index contributed by atoms with van der Waals surface area (Å²) < 4.78 is 38.3. The van der Waals surface area contributed by atoms with Gasteiger partial charge in [0.2, 0.25) is 15.9 Å². The molecular formula is C21H22N2O5S. The lowest BCUT2D eigenvalue weighted by atomic mass is 10.2. The Morgan fingerprint density at radius 1 is 0.897 bits per heavy atom. The number of hydrogen-bond donors (Lipinski definition) is 0. The lowest BCUT2D eigenvalue weighted by Gasteiger charge is -2.33. The van der Waals surface area contributed by atoms with Gasteiger partial charge in [-0.25, -0.2) is 8.42 Å². The Morgan fingerprint density at radius 2 is 1.59 bits per heavy atom. The van der Waals surface area contributed by atoms with Crippen LogP contribution in [0.1, 0.15) is 5.56 Å². The lowest BCUT2D eigenvalue weighted by Crippen LogP contribution is -2.50. The first-order valence-electron chi connectivity index (χ1n) is 9.46. The zero-order valence-corrected chi connectivity index (χ0v) is 16.7. The van der Waals surface area contributed by atoms with Crippen molar-refractivity contribution in [2.24, 2.45) is 0 Å². The molecule has 0 atom stereocenters. The molecule has 2 heterocycles. The monoisotopic (exact) mass is 414 g/mol. The van der Waals surface area contributed by atoms with Crippen LogP contribution < -0.4 is 9.47 Å². The van der Waals surface area contributed by atoms with E-state index in [0.717, 1.165) is 5.56 Å². The summed E-state index contributed by atoms with van der Waals surface area (Å²) in [5.74, 6) is 0.873. The third-order valence-electron chi connectivity index (χ3n) is 4.92. The first-order chi connectivity index (χ1) is 14.0. The van der Waals surface area contributed by atoms with Crippen molar-refractivity contribution in [2.45, 2.75) is 4.90 Å². The zero-order valence-electron chi connectivity index (χ0n) is 15.9. The van der Waals surface area contributed by atoms with E-state index in [0.29, 0.717) is 37.8 Å². The largest absolute Gasteiger partial charge is 0.486 e. The number of ether oxygens (including phenoxy) is 2. The van der Waals surface area contributed by atoms with Crippen LogP contribution in [-0.4, -0.2) is 62.9 Å². The second-order valence-electron chi connectivity index (χ2n) is 6.78. The molecule has 7 nitrogen and oxygen atoms in total. The third kappa shape index (κ3) is 4.28. The molecule has 0 N–H and O–H groups in total. The summed E-state index contributed by atoms with van der Waals surface area (Å²) in [7, 11) is -3.66. The summed E-state index contributed by atoms with van der Waals surface area (Å²) in [5, 5.41) is 0. The Balaban J connectivity index is 1.40. The Labute approximate surface area is 170 Å². The van der Waals surface area contributed by atoms with Crippen LogP contribution in [-0.2, 0) is 14.8 Å². The molecule has 0 saturated carbocycles. The molecule has 1 fully saturated rings. The van der Waals surface area contributed by atoms with Gasteiger partial charge in [0.05, 0.1) is 4.90 Å². The number of benzene rings is 2. The molecule has 0 bridgehead atoms. The SMILES string of the molecule is O=C(C=Cc1ccccc1)N1CCN(S(=O)(=O)c2ccc3c(c2)OCCO3)CC1. The van der Waals surface area contributed by atoms with Gasteiger partial charge in [0.15, 0.2) is 11.5 Å². The van der Waals surface area contributed by atoms with E-state index in [1.54, 1.807) is 17.0 Å². The number of amides is 1. The second-order valence-corrected chi connectivity index (χ2v) is 8.72. The minimum Gasteiger partial charge on any atom is -0.486 e. The minimum absolute atomic E-state index is 0.120. The number of carbonyl (C=O) groups is 1. The summed E-state index contributed by atoms with van der Waals surface area (Å²) in [6, 6.07) is 14.2. The number of nitrogens with zero attached hydrogens (tertiary/aromatic N) is 2. The van der Waals surface area contributed by atoms with E-state index in [-0.39, 0.29) is 23.9 Å². The van der Waals surface area contributed by atoms with E-state index in [1.165, 1.54) is 22.5 Å². The highest BCUT2D eigenvalue weighted by Crippen LogP contribution is 2.33. The molecule has 1 amide bonds. The van der Waals surface area contributed by atoms with Crippen LogP contribution in [0.4, 0.5) is 0 Å². The van der Waals surface area contributed by atoms with Gasteiger partial charge >= 0.3 is 0 Å². The number of sulfonamides is 1.